The van der Waals surface area contributed by atoms with Gasteiger partial charge in [-0.15, -0.1) is 0 Å². The van der Waals surface area contributed by atoms with Gasteiger partial charge in [-0.1, -0.05) is 19.8 Å². The number of aromatic nitrogens is 2. The molecule has 0 spiro atoms. The van der Waals surface area contributed by atoms with E-state index in [9.17, 15) is 15.0 Å². The Hall–Kier alpha value is -1.37. The van der Waals surface area contributed by atoms with E-state index >= 15 is 0 Å². The van der Waals surface area contributed by atoms with Crippen molar-refractivity contribution in [1.82, 2.24) is 9.55 Å². The third-order valence-corrected chi connectivity index (χ3v) is 3.71. The number of rotatable bonds is 7. The van der Waals surface area contributed by atoms with Crippen LogP contribution in [0.5, 0.6) is 0 Å². The number of nitrogens with one attached hydrogen (secondary N) is 1. The third kappa shape index (κ3) is 8.03. The van der Waals surface area contributed by atoms with Gasteiger partial charge in [-0.3, -0.25) is 4.57 Å². The van der Waals surface area contributed by atoms with Gasteiger partial charge >= 0.3 is 13.5 Å². The van der Waals surface area contributed by atoms with Gasteiger partial charge in [0.2, 0.25) is 0 Å². The lowest BCUT2D eigenvalue weighted by atomic mass is 10.1. The molecule has 0 aliphatic carbocycles. The van der Waals surface area contributed by atoms with Crippen molar-refractivity contribution in [3.63, 3.8) is 0 Å². The van der Waals surface area contributed by atoms with E-state index in [0.717, 1.165) is 30.4 Å². The fourth-order valence-corrected chi connectivity index (χ4v) is 2.41. The van der Waals surface area contributed by atoms with Gasteiger partial charge in [0.25, 0.3) is 0 Å². The molecular formula is C14H26N3O9P. The maximum atomic E-state index is 12.0. The topological polar surface area (TPSA) is 195 Å². The van der Waals surface area contributed by atoms with Gasteiger partial charge < -0.3 is 40.1 Å². The zero-order valence-corrected chi connectivity index (χ0v) is 15.6. The normalized spacial score (nSPS) is 25.0. The third-order valence-electron chi connectivity index (χ3n) is 3.71. The second-order valence-electron chi connectivity index (χ2n) is 5.88. The fourth-order valence-electron chi connectivity index (χ4n) is 2.41. The molecule has 0 aromatic carbocycles. The van der Waals surface area contributed by atoms with Crippen molar-refractivity contribution < 1.29 is 39.3 Å². The minimum Gasteiger partial charge on any atom is -0.394 e. The van der Waals surface area contributed by atoms with Crippen LogP contribution in [0.3, 0.4) is 0 Å². The van der Waals surface area contributed by atoms with Crippen LogP contribution in [0.2, 0.25) is 0 Å². The Morgan fingerprint density at radius 2 is 1.89 bits per heavy atom. The van der Waals surface area contributed by atoms with E-state index in [1.807, 2.05) is 0 Å². The van der Waals surface area contributed by atoms with Crippen molar-refractivity contribution in [1.29, 1.82) is 0 Å². The molecule has 1 aliphatic heterocycles. The molecule has 2 heterocycles. The molecule has 0 radical (unpaired) electrons. The zero-order valence-electron chi connectivity index (χ0n) is 14.7. The number of unbranched alkanes of at least 4 members (excludes halogenated alkanes) is 2. The summed E-state index contributed by atoms with van der Waals surface area (Å²) >= 11 is 0. The number of nitrogens with zero attached hydrogens (tertiary/aromatic N) is 2. The lowest BCUT2D eigenvalue weighted by molar-refractivity contribution is -0.0549. The average Bonchev–Trinajstić information content (AvgIpc) is 2.85. The molecule has 0 bridgehead atoms. The highest BCUT2D eigenvalue weighted by molar-refractivity contribution is 7.45. The summed E-state index contributed by atoms with van der Waals surface area (Å²) in [5.74, 6) is 0.462. The van der Waals surface area contributed by atoms with Crippen molar-refractivity contribution in [3.05, 3.63) is 22.7 Å². The maximum absolute atomic E-state index is 12.0. The number of hydrogen-bond acceptors (Lipinski definition) is 8. The fraction of sp³-hybridized carbons (Fsp3) is 0.714. The monoisotopic (exact) mass is 411 g/mol. The van der Waals surface area contributed by atoms with E-state index in [0.29, 0.717) is 5.82 Å². The maximum Gasteiger partial charge on any atom is 0.466 e. The van der Waals surface area contributed by atoms with Gasteiger partial charge in [-0.25, -0.2) is 9.36 Å². The highest BCUT2D eigenvalue weighted by atomic mass is 31.2. The summed E-state index contributed by atoms with van der Waals surface area (Å²) in [6.07, 6.45) is 0.163. The standard InChI is InChI=1S/C14H23N3O5.H3O4P/c1-2-3-4-6-15-10-5-7-17(14(21)16-10)13-12(20)11(19)9(8-18)22-13;1-5(2,3)4/h5,7,9,11-13,18-20H,2-4,6,8H2,1H3,(H,15,16,21);(H3,1,2,3,4)/t9-,11-,12+,13-;/m1./s1. The largest absolute Gasteiger partial charge is 0.466 e. The summed E-state index contributed by atoms with van der Waals surface area (Å²) in [6.45, 7) is 2.41. The quantitative estimate of drug-likeness (QED) is 0.204. The van der Waals surface area contributed by atoms with E-state index in [1.54, 1.807) is 6.07 Å². The first-order chi connectivity index (χ1) is 12.6. The van der Waals surface area contributed by atoms with Gasteiger partial charge in [-0.2, -0.15) is 4.98 Å². The summed E-state index contributed by atoms with van der Waals surface area (Å²) in [5, 5.41) is 31.8. The molecule has 0 unspecified atom stereocenters. The Morgan fingerprint density at radius 1 is 1.26 bits per heavy atom. The number of phosphoric acid groups is 1. The molecule has 1 fully saturated rings. The van der Waals surface area contributed by atoms with Crippen LogP contribution in [0.15, 0.2) is 17.1 Å². The Bertz CT molecular complexity index is 672. The molecule has 2 rings (SSSR count). The first kappa shape index (κ1) is 23.7. The van der Waals surface area contributed by atoms with Crippen LogP contribution in [0.1, 0.15) is 32.4 Å². The molecule has 4 atom stereocenters. The predicted molar refractivity (Wildman–Crippen MR) is 93.8 cm³/mol. The molecule has 1 aliphatic rings. The number of anilines is 1. The van der Waals surface area contributed by atoms with Gasteiger partial charge in [0, 0.05) is 12.7 Å². The van der Waals surface area contributed by atoms with Crippen LogP contribution in [0, 0.1) is 0 Å². The van der Waals surface area contributed by atoms with Crippen LogP contribution in [-0.2, 0) is 9.30 Å². The van der Waals surface area contributed by atoms with Gasteiger partial charge in [0.15, 0.2) is 6.23 Å². The number of hydrogen-bond donors (Lipinski definition) is 7. The van der Waals surface area contributed by atoms with Crippen molar-refractivity contribution >= 4 is 13.6 Å². The number of aliphatic hydroxyl groups excluding tert-OH is 3. The molecule has 27 heavy (non-hydrogen) atoms. The van der Waals surface area contributed by atoms with Gasteiger partial charge in [0.05, 0.1) is 6.61 Å². The molecule has 1 saturated heterocycles. The Kier molecular flexibility index (Phi) is 9.50. The van der Waals surface area contributed by atoms with E-state index in [1.165, 1.54) is 6.20 Å². The molecule has 7 N–H and O–H groups in total. The van der Waals surface area contributed by atoms with Crippen LogP contribution >= 0.6 is 7.82 Å². The first-order valence-corrected chi connectivity index (χ1v) is 9.88. The summed E-state index contributed by atoms with van der Waals surface area (Å²) in [7, 11) is -4.64. The Morgan fingerprint density at radius 3 is 2.37 bits per heavy atom. The van der Waals surface area contributed by atoms with Crippen LogP contribution in [0.25, 0.3) is 0 Å². The zero-order chi connectivity index (χ0) is 20.6. The number of aliphatic hydroxyl groups is 3. The minimum absolute atomic E-state index is 0.437. The molecule has 156 valence electrons. The minimum atomic E-state index is -4.64. The summed E-state index contributed by atoms with van der Waals surface area (Å²) in [4.78, 5) is 37.5. The van der Waals surface area contributed by atoms with Gasteiger partial charge in [0.1, 0.15) is 24.1 Å². The van der Waals surface area contributed by atoms with Crippen molar-refractivity contribution in [2.24, 2.45) is 0 Å². The second kappa shape index (κ2) is 10.8. The Balaban J connectivity index is 0.000000646. The van der Waals surface area contributed by atoms with Crippen LogP contribution in [-0.4, -0.2) is 71.0 Å². The highest BCUT2D eigenvalue weighted by Gasteiger charge is 2.43. The average molecular weight is 411 g/mol. The summed E-state index contributed by atoms with van der Waals surface area (Å²) in [6, 6.07) is 1.61. The summed E-state index contributed by atoms with van der Waals surface area (Å²) < 4.78 is 15.3. The molecular weight excluding hydrogens is 385 g/mol. The van der Waals surface area contributed by atoms with E-state index in [-0.39, 0.29) is 0 Å². The lowest BCUT2D eigenvalue weighted by Crippen LogP contribution is -2.36. The van der Waals surface area contributed by atoms with Gasteiger partial charge in [-0.05, 0) is 12.5 Å². The van der Waals surface area contributed by atoms with Crippen molar-refractivity contribution in [2.45, 2.75) is 50.7 Å². The van der Waals surface area contributed by atoms with E-state index in [4.69, 9.17) is 29.1 Å². The predicted octanol–water partition coefficient (Wildman–Crippen LogP) is -1.47. The SMILES string of the molecule is CCCCCNc1ccn([C@@H]2O[C@H](CO)[C@@H](O)[C@@H]2O)c(=O)n1.O=P(O)(O)O. The number of ether oxygens (including phenoxy) is 1. The molecule has 13 heteroatoms. The summed E-state index contributed by atoms with van der Waals surface area (Å²) in [5.41, 5.74) is -0.588. The van der Waals surface area contributed by atoms with Crippen LogP contribution in [0.4, 0.5) is 5.82 Å². The molecule has 1 aromatic rings. The first-order valence-electron chi connectivity index (χ1n) is 8.32. The van der Waals surface area contributed by atoms with Crippen LogP contribution < -0.4 is 11.0 Å². The molecule has 0 amide bonds. The molecule has 1 aromatic heterocycles. The van der Waals surface area contributed by atoms with Crippen molar-refractivity contribution in [3.8, 4) is 0 Å². The smallest absolute Gasteiger partial charge is 0.394 e. The Labute approximate surface area is 155 Å². The molecule has 0 saturated carbocycles. The van der Waals surface area contributed by atoms with E-state index < -0.39 is 44.7 Å². The lowest BCUT2D eigenvalue weighted by Gasteiger charge is -2.17. The van der Waals surface area contributed by atoms with E-state index in [2.05, 4.69) is 17.2 Å². The van der Waals surface area contributed by atoms with Crippen molar-refractivity contribution in [2.75, 3.05) is 18.5 Å². The molecule has 12 nitrogen and oxygen atoms in total. The highest BCUT2D eigenvalue weighted by Crippen LogP contribution is 2.28. The second-order valence-corrected chi connectivity index (χ2v) is 6.91.